The SMILES string of the molecule is Cc1cc(=O)c2cn([C@@H]3O[C@H](CO)C(O)C3O)c(=O)nc2[nH]1. The topological polar surface area (TPSA) is 138 Å². The van der Waals surface area contributed by atoms with Crippen LogP contribution in [0.4, 0.5) is 0 Å². The Morgan fingerprint density at radius 3 is 2.73 bits per heavy atom. The minimum Gasteiger partial charge on any atom is -0.394 e. The largest absolute Gasteiger partial charge is 0.394 e. The molecule has 3 rings (SSSR count). The highest BCUT2D eigenvalue weighted by Gasteiger charge is 2.43. The number of ether oxygens (including phenoxy) is 1. The van der Waals surface area contributed by atoms with E-state index in [0.717, 1.165) is 4.57 Å². The van der Waals surface area contributed by atoms with Crippen LogP contribution in [-0.4, -0.2) is 54.8 Å². The van der Waals surface area contributed by atoms with Crippen LogP contribution < -0.4 is 11.1 Å². The van der Waals surface area contributed by atoms with Gasteiger partial charge >= 0.3 is 5.69 Å². The maximum Gasteiger partial charge on any atom is 0.351 e. The first-order valence-corrected chi connectivity index (χ1v) is 6.67. The molecule has 4 N–H and O–H groups in total. The number of aliphatic hydroxyl groups is 3. The lowest BCUT2D eigenvalue weighted by Crippen LogP contribution is -2.36. The summed E-state index contributed by atoms with van der Waals surface area (Å²) in [5, 5.41) is 28.9. The Bertz CT molecular complexity index is 829. The van der Waals surface area contributed by atoms with Crippen molar-refractivity contribution in [2.24, 2.45) is 0 Å². The zero-order chi connectivity index (χ0) is 16.0. The molecule has 0 bridgehead atoms. The molecule has 118 valence electrons. The van der Waals surface area contributed by atoms with Crippen molar-refractivity contribution in [3.05, 3.63) is 38.7 Å². The molecule has 0 saturated carbocycles. The maximum absolute atomic E-state index is 12.1. The highest BCUT2D eigenvalue weighted by atomic mass is 16.6. The number of fused-ring (bicyclic) bond motifs is 1. The quantitative estimate of drug-likeness (QED) is 0.503. The van der Waals surface area contributed by atoms with Gasteiger partial charge in [-0.1, -0.05) is 0 Å². The first-order chi connectivity index (χ1) is 10.4. The number of H-pyrrole nitrogens is 1. The van der Waals surface area contributed by atoms with Gasteiger partial charge in [0.25, 0.3) is 0 Å². The second-order valence-electron chi connectivity index (χ2n) is 5.24. The Morgan fingerprint density at radius 1 is 1.36 bits per heavy atom. The molecule has 0 spiro atoms. The van der Waals surface area contributed by atoms with Gasteiger partial charge in [0.1, 0.15) is 24.0 Å². The molecule has 22 heavy (non-hydrogen) atoms. The number of aliphatic hydroxyl groups excluding tert-OH is 3. The lowest BCUT2D eigenvalue weighted by atomic mass is 10.1. The van der Waals surface area contributed by atoms with E-state index in [-0.39, 0.29) is 16.5 Å². The van der Waals surface area contributed by atoms with Crippen LogP contribution in [0, 0.1) is 6.92 Å². The third kappa shape index (κ3) is 2.24. The smallest absolute Gasteiger partial charge is 0.351 e. The third-order valence-electron chi connectivity index (χ3n) is 3.67. The standard InChI is InChI=1S/C13H15N3O6/c1-5-2-7(18)6-3-16(13(21)15-11(6)14-5)12-10(20)9(19)8(4-17)22-12/h2-3,8-10,12,17,19-20H,4H2,1H3,(H,14,15,21)/t8-,9?,10?,12-/m1/s1. The fourth-order valence-corrected chi connectivity index (χ4v) is 2.53. The predicted molar refractivity (Wildman–Crippen MR) is 74.4 cm³/mol. The van der Waals surface area contributed by atoms with Crippen LogP contribution in [0.2, 0.25) is 0 Å². The molecule has 9 nitrogen and oxygen atoms in total. The number of aromatic nitrogens is 3. The van der Waals surface area contributed by atoms with Crippen molar-refractivity contribution < 1.29 is 20.1 Å². The number of nitrogens with one attached hydrogen (secondary N) is 1. The summed E-state index contributed by atoms with van der Waals surface area (Å²) < 4.78 is 6.22. The minimum atomic E-state index is -1.42. The van der Waals surface area contributed by atoms with Crippen molar-refractivity contribution in [2.45, 2.75) is 31.5 Å². The number of hydrogen-bond acceptors (Lipinski definition) is 7. The molecule has 0 amide bonds. The van der Waals surface area contributed by atoms with Gasteiger partial charge in [-0.05, 0) is 6.92 Å². The van der Waals surface area contributed by atoms with Gasteiger partial charge in [0.15, 0.2) is 11.7 Å². The molecule has 0 aliphatic carbocycles. The molecule has 9 heteroatoms. The van der Waals surface area contributed by atoms with Crippen LogP contribution in [-0.2, 0) is 4.74 Å². The minimum absolute atomic E-state index is 0.137. The summed E-state index contributed by atoms with van der Waals surface area (Å²) in [5.74, 6) is 0. The molecule has 2 aromatic heterocycles. The lowest BCUT2D eigenvalue weighted by Gasteiger charge is -2.17. The van der Waals surface area contributed by atoms with Crippen molar-refractivity contribution >= 4 is 11.0 Å². The first-order valence-electron chi connectivity index (χ1n) is 6.67. The van der Waals surface area contributed by atoms with Gasteiger partial charge in [0, 0.05) is 18.0 Å². The van der Waals surface area contributed by atoms with E-state index in [1.54, 1.807) is 6.92 Å². The monoisotopic (exact) mass is 309 g/mol. The summed E-state index contributed by atoms with van der Waals surface area (Å²) in [4.78, 5) is 30.6. The Kier molecular flexibility index (Phi) is 3.57. The lowest BCUT2D eigenvalue weighted by molar-refractivity contribution is -0.0547. The molecule has 3 heterocycles. The number of rotatable bonds is 2. The van der Waals surface area contributed by atoms with Crippen LogP contribution in [0.1, 0.15) is 11.9 Å². The Labute approximate surface area is 123 Å². The second kappa shape index (κ2) is 5.29. The van der Waals surface area contributed by atoms with E-state index in [2.05, 4.69) is 9.97 Å². The van der Waals surface area contributed by atoms with E-state index in [1.165, 1.54) is 12.3 Å². The summed E-state index contributed by atoms with van der Waals surface area (Å²) in [6.45, 7) is 1.16. The molecule has 1 fully saturated rings. The van der Waals surface area contributed by atoms with Gasteiger partial charge in [-0.25, -0.2) is 4.79 Å². The third-order valence-corrected chi connectivity index (χ3v) is 3.67. The Balaban J connectivity index is 2.14. The normalized spacial score (nSPS) is 28.4. The zero-order valence-electron chi connectivity index (χ0n) is 11.6. The molecule has 2 aromatic rings. The molecule has 0 radical (unpaired) electrons. The average molecular weight is 309 g/mol. The Morgan fingerprint density at radius 2 is 2.09 bits per heavy atom. The molecule has 2 unspecified atom stereocenters. The molecule has 4 atom stereocenters. The van der Waals surface area contributed by atoms with E-state index in [1.807, 2.05) is 0 Å². The molecule has 1 aliphatic rings. The molecular formula is C13H15N3O6. The summed E-state index contributed by atoms with van der Waals surface area (Å²) in [6.07, 6.45) is -3.77. The number of aryl methyl sites for hydroxylation is 1. The van der Waals surface area contributed by atoms with E-state index >= 15 is 0 Å². The summed E-state index contributed by atoms with van der Waals surface area (Å²) in [7, 11) is 0. The average Bonchev–Trinajstić information content (AvgIpc) is 2.74. The van der Waals surface area contributed by atoms with Crippen molar-refractivity contribution in [1.29, 1.82) is 0 Å². The van der Waals surface area contributed by atoms with Crippen LogP contribution in [0.5, 0.6) is 0 Å². The summed E-state index contributed by atoms with van der Waals surface area (Å²) in [5.41, 5.74) is -0.379. The van der Waals surface area contributed by atoms with Crippen molar-refractivity contribution in [3.63, 3.8) is 0 Å². The fraction of sp³-hybridized carbons (Fsp3) is 0.462. The van der Waals surface area contributed by atoms with Gasteiger partial charge in [0.05, 0.1) is 12.0 Å². The fourth-order valence-electron chi connectivity index (χ4n) is 2.53. The predicted octanol–water partition coefficient (Wildman–Crippen LogP) is -2.00. The maximum atomic E-state index is 12.1. The summed E-state index contributed by atoms with van der Waals surface area (Å²) >= 11 is 0. The summed E-state index contributed by atoms with van der Waals surface area (Å²) in [6, 6.07) is 1.36. The van der Waals surface area contributed by atoms with Crippen LogP contribution >= 0.6 is 0 Å². The highest BCUT2D eigenvalue weighted by molar-refractivity contribution is 5.73. The van der Waals surface area contributed by atoms with E-state index < -0.39 is 36.8 Å². The first kappa shape index (κ1) is 14.9. The van der Waals surface area contributed by atoms with Gasteiger partial charge < -0.3 is 25.0 Å². The van der Waals surface area contributed by atoms with Crippen molar-refractivity contribution in [2.75, 3.05) is 6.61 Å². The molecular weight excluding hydrogens is 294 g/mol. The van der Waals surface area contributed by atoms with Crippen molar-refractivity contribution in [1.82, 2.24) is 14.5 Å². The number of aromatic amines is 1. The highest BCUT2D eigenvalue weighted by Crippen LogP contribution is 2.28. The second-order valence-corrected chi connectivity index (χ2v) is 5.24. The van der Waals surface area contributed by atoms with Crippen LogP contribution in [0.15, 0.2) is 21.9 Å². The van der Waals surface area contributed by atoms with Crippen LogP contribution in [0.3, 0.4) is 0 Å². The van der Waals surface area contributed by atoms with Gasteiger partial charge in [0.2, 0.25) is 0 Å². The number of nitrogens with zero attached hydrogens (tertiary/aromatic N) is 2. The molecule has 0 aromatic carbocycles. The van der Waals surface area contributed by atoms with Gasteiger partial charge in [-0.2, -0.15) is 4.98 Å². The number of hydrogen-bond donors (Lipinski definition) is 4. The molecule has 1 saturated heterocycles. The molecule has 1 aliphatic heterocycles. The van der Waals surface area contributed by atoms with E-state index in [0.29, 0.717) is 5.69 Å². The van der Waals surface area contributed by atoms with Crippen molar-refractivity contribution in [3.8, 4) is 0 Å². The van der Waals surface area contributed by atoms with Crippen LogP contribution in [0.25, 0.3) is 11.0 Å². The zero-order valence-corrected chi connectivity index (χ0v) is 11.6. The van der Waals surface area contributed by atoms with Gasteiger partial charge in [-0.3, -0.25) is 9.36 Å². The van der Waals surface area contributed by atoms with E-state index in [4.69, 9.17) is 9.84 Å². The van der Waals surface area contributed by atoms with Gasteiger partial charge in [-0.15, -0.1) is 0 Å². The number of pyridine rings is 1. The Hall–Kier alpha value is -2.07. The van der Waals surface area contributed by atoms with E-state index in [9.17, 15) is 19.8 Å².